The molecule has 7 heteroatoms. The molecule has 2 N–H and O–H groups in total. The fourth-order valence-corrected chi connectivity index (χ4v) is 2.74. The Morgan fingerprint density at radius 3 is 2.38 bits per heavy atom. The predicted molar refractivity (Wildman–Crippen MR) is 96.7 cm³/mol. The largest absolute Gasteiger partial charge is 0.383 e. The topological polar surface area (TPSA) is 67.4 Å². The van der Waals surface area contributed by atoms with E-state index in [4.69, 9.17) is 27.9 Å². The number of benzene rings is 1. The Hall–Kier alpha value is -1.30. The van der Waals surface area contributed by atoms with E-state index in [2.05, 4.69) is 10.6 Å². The number of methoxy groups -OCH3 is 1. The average molecular weight is 375 g/mol. The number of ether oxygens (including phenoxy) is 1. The molecule has 0 aliphatic carbocycles. The summed E-state index contributed by atoms with van der Waals surface area (Å²) in [5, 5.41) is 6.28. The second-order valence-corrected chi connectivity index (χ2v) is 6.99. The van der Waals surface area contributed by atoms with Gasteiger partial charge in [0.1, 0.15) is 6.04 Å². The monoisotopic (exact) mass is 374 g/mol. The number of carbonyl (C=O) groups is 2. The van der Waals surface area contributed by atoms with Crippen molar-refractivity contribution >= 4 is 35.0 Å². The number of amides is 2. The lowest BCUT2D eigenvalue weighted by atomic mass is 10.0. The zero-order valence-electron chi connectivity index (χ0n) is 14.4. The Labute approximate surface area is 153 Å². The van der Waals surface area contributed by atoms with Crippen molar-refractivity contribution in [2.75, 3.05) is 13.7 Å². The Morgan fingerprint density at radius 2 is 1.83 bits per heavy atom. The highest BCUT2D eigenvalue weighted by Gasteiger charge is 2.24. The third-order valence-electron chi connectivity index (χ3n) is 3.31. The molecule has 0 bridgehead atoms. The van der Waals surface area contributed by atoms with E-state index in [0.29, 0.717) is 18.1 Å². The van der Waals surface area contributed by atoms with Crippen molar-refractivity contribution < 1.29 is 14.3 Å². The highest BCUT2D eigenvalue weighted by atomic mass is 35.5. The second kappa shape index (κ2) is 9.87. The van der Waals surface area contributed by atoms with Gasteiger partial charge in [-0.05, 0) is 37.5 Å². The zero-order valence-corrected chi connectivity index (χ0v) is 15.9. The number of hydrogen-bond donors (Lipinski definition) is 2. The number of carbonyl (C=O) groups excluding carboxylic acids is 2. The van der Waals surface area contributed by atoms with Crippen molar-refractivity contribution in [3.63, 3.8) is 0 Å². The predicted octanol–water partition coefficient (Wildman–Crippen LogP) is 3.29. The van der Waals surface area contributed by atoms with Crippen LogP contribution in [0.3, 0.4) is 0 Å². The zero-order chi connectivity index (χ0) is 18.3. The molecule has 0 unspecified atom stereocenters. The molecular weight excluding hydrogens is 351 g/mol. The van der Waals surface area contributed by atoms with Crippen LogP contribution in [0.4, 0.5) is 0 Å². The number of nitrogens with one attached hydrogen (secondary N) is 2. The minimum atomic E-state index is -0.649. The van der Waals surface area contributed by atoms with Crippen LogP contribution in [0.25, 0.3) is 0 Å². The van der Waals surface area contributed by atoms with Crippen LogP contribution in [0, 0.1) is 5.92 Å². The molecule has 24 heavy (non-hydrogen) atoms. The van der Waals surface area contributed by atoms with Crippen molar-refractivity contribution in [1.29, 1.82) is 0 Å². The molecule has 2 atom stereocenters. The van der Waals surface area contributed by atoms with Gasteiger partial charge in [0.15, 0.2) is 0 Å². The summed E-state index contributed by atoms with van der Waals surface area (Å²) in [6, 6.07) is 3.82. The minimum absolute atomic E-state index is 0.145. The van der Waals surface area contributed by atoms with Crippen LogP contribution in [0.15, 0.2) is 18.2 Å². The highest BCUT2D eigenvalue weighted by Crippen LogP contribution is 2.21. The summed E-state index contributed by atoms with van der Waals surface area (Å²) in [7, 11) is 1.57. The summed E-state index contributed by atoms with van der Waals surface area (Å²) >= 11 is 11.9. The molecule has 0 aliphatic rings. The fourth-order valence-electron chi connectivity index (χ4n) is 2.25. The molecule has 134 valence electrons. The molecule has 1 rings (SSSR count). The van der Waals surface area contributed by atoms with Crippen molar-refractivity contribution in [3.8, 4) is 0 Å². The van der Waals surface area contributed by atoms with E-state index >= 15 is 0 Å². The van der Waals surface area contributed by atoms with Crippen LogP contribution >= 0.6 is 23.2 Å². The first-order valence-electron chi connectivity index (χ1n) is 7.79. The Bertz CT molecular complexity index is 579. The summed E-state index contributed by atoms with van der Waals surface area (Å²) < 4.78 is 5.01. The molecule has 2 amide bonds. The van der Waals surface area contributed by atoms with Gasteiger partial charge in [-0.25, -0.2) is 0 Å². The Kier molecular flexibility index (Phi) is 8.53. The van der Waals surface area contributed by atoms with E-state index in [1.165, 1.54) is 12.1 Å². The number of rotatable bonds is 8. The van der Waals surface area contributed by atoms with Gasteiger partial charge in [-0.1, -0.05) is 37.0 Å². The Balaban J connectivity index is 2.84. The molecule has 0 saturated heterocycles. The van der Waals surface area contributed by atoms with Crippen LogP contribution in [0.1, 0.15) is 37.6 Å². The SMILES string of the molecule is COC[C@@H](C)NC(=O)[C@H](CC(C)C)NC(=O)c1ccc(Cl)cc1Cl. The third-order valence-corrected chi connectivity index (χ3v) is 3.86. The molecule has 0 spiro atoms. The van der Waals surface area contributed by atoms with E-state index in [-0.39, 0.29) is 28.5 Å². The molecular formula is C17H24Cl2N2O3. The van der Waals surface area contributed by atoms with E-state index in [0.717, 1.165) is 0 Å². The van der Waals surface area contributed by atoms with Crippen molar-refractivity contribution in [2.45, 2.75) is 39.3 Å². The van der Waals surface area contributed by atoms with Crippen molar-refractivity contribution in [1.82, 2.24) is 10.6 Å². The molecule has 1 aromatic carbocycles. The second-order valence-electron chi connectivity index (χ2n) is 6.14. The van der Waals surface area contributed by atoms with Gasteiger partial charge in [0.25, 0.3) is 5.91 Å². The Morgan fingerprint density at radius 1 is 1.17 bits per heavy atom. The standard InChI is InChI=1S/C17H24Cl2N2O3/c1-10(2)7-15(17(23)20-11(3)9-24-4)21-16(22)13-6-5-12(18)8-14(13)19/h5-6,8,10-11,15H,7,9H2,1-4H3,(H,20,23)(H,21,22)/t11-,15+/m1/s1. The first-order chi connectivity index (χ1) is 11.2. The van der Waals surface area contributed by atoms with E-state index in [1.54, 1.807) is 13.2 Å². The van der Waals surface area contributed by atoms with Gasteiger partial charge in [-0.2, -0.15) is 0 Å². The molecule has 0 fully saturated rings. The quantitative estimate of drug-likeness (QED) is 0.733. The van der Waals surface area contributed by atoms with Gasteiger partial charge in [-0.3, -0.25) is 9.59 Å². The highest BCUT2D eigenvalue weighted by molar-refractivity contribution is 6.36. The minimum Gasteiger partial charge on any atom is -0.383 e. The molecule has 0 saturated carbocycles. The molecule has 0 aromatic heterocycles. The van der Waals surface area contributed by atoms with Gasteiger partial charge >= 0.3 is 0 Å². The van der Waals surface area contributed by atoms with E-state index in [9.17, 15) is 9.59 Å². The number of hydrogen-bond acceptors (Lipinski definition) is 3. The average Bonchev–Trinajstić information content (AvgIpc) is 2.45. The maximum atomic E-state index is 12.4. The van der Waals surface area contributed by atoms with Crippen molar-refractivity contribution in [2.24, 2.45) is 5.92 Å². The van der Waals surface area contributed by atoms with E-state index < -0.39 is 11.9 Å². The lowest BCUT2D eigenvalue weighted by Crippen LogP contribution is -2.50. The third kappa shape index (κ3) is 6.67. The summed E-state index contributed by atoms with van der Waals surface area (Å²) in [5.74, 6) is -0.414. The maximum absolute atomic E-state index is 12.4. The van der Waals surface area contributed by atoms with Gasteiger partial charge in [0.2, 0.25) is 5.91 Å². The molecule has 1 aromatic rings. The van der Waals surface area contributed by atoms with Gasteiger partial charge in [0, 0.05) is 18.2 Å². The molecule has 0 heterocycles. The first-order valence-corrected chi connectivity index (χ1v) is 8.55. The molecule has 5 nitrogen and oxygen atoms in total. The van der Waals surface area contributed by atoms with Crippen LogP contribution in [-0.2, 0) is 9.53 Å². The van der Waals surface area contributed by atoms with Crippen LogP contribution < -0.4 is 10.6 Å². The maximum Gasteiger partial charge on any atom is 0.253 e. The number of halogens is 2. The van der Waals surface area contributed by atoms with E-state index in [1.807, 2.05) is 20.8 Å². The summed E-state index contributed by atoms with van der Waals surface area (Å²) in [6.45, 7) is 6.21. The normalized spacial score (nSPS) is 13.5. The fraction of sp³-hybridized carbons (Fsp3) is 0.529. The molecule has 0 radical (unpaired) electrons. The van der Waals surface area contributed by atoms with Gasteiger partial charge in [0.05, 0.1) is 17.2 Å². The summed E-state index contributed by atoms with van der Waals surface area (Å²) in [4.78, 5) is 24.9. The van der Waals surface area contributed by atoms with Crippen LogP contribution in [0.2, 0.25) is 10.0 Å². The first kappa shape index (κ1) is 20.7. The summed E-state index contributed by atoms with van der Waals surface area (Å²) in [5.41, 5.74) is 0.285. The van der Waals surface area contributed by atoms with Crippen LogP contribution in [-0.4, -0.2) is 37.6 Å². The van der Waals surface area contributed by atoms with Gasteiger partial charge in [-0.15, -0.1) is 0 Å². The molecule has 0 aliphatic heterocycles. The lowest BCUT2D eigenvalue weighted by Gasteiger charge is -2.22. The lowest BCUT2D eigenvalue weighted by molar-refractivity contribution is -0.124. The van der Waals surface area contributed by atoms with Crippen LogP contribution in [0.5, 0.6) is 0 Å². The van der Waals surface area contributed by atoms with Gasteiger partial charge < -0.3 is 15.4 Å². The smallest absolute Gasteiger partial charge is 0.253 e. The van der Waals surface area contributed by atoms with Crippen molar-refractivity contribution in [3.05, 3.63) is 33.8 Å². The summed E-state index contributed by atoms with van der Waals surface area (Å²) in [6.07, 6.45) is 0.516.